The number of benzene rings is 1. The molecule has 0 N–H and O–H groups in total. The Balaban J connectivity index is 1.83. The van der Waals surface area contributed by atoms with E-state index in [1.54, 1.807) is 6.92 Å². The number of carbonyl (C=O) groups is 1. The van der Waals surface area contributed by atoms with Crippen LogP contribution in [0.5, 0.6) is 5.75 Å². The molecule has 116 valence electrons. The van der Waals surface area contributed by atoms with Gasteiger partial charge in [-0.05, 0) is 45.0 Å². The van der Waals surface area contributed by atoms with Gasteiger partial charge in [0.25, 0.3) is 0 Å². The van der Waals surface area contributed by atoms with Gasteiger partial charge in [-0.15, -0.1) is 0 Å². The van der Waals surface area contributed by atoms with Crippen LogP contribution in [-0.4, -0.2) is 36.9 Å². The van der Waals surface area contributed by atoms with Crippen molar-refractivity contribution < 1.29 is 9.53 Å². The van der Waals surface area contributed by atoms with Gasteiger partial charge >= 0.3 is 0 Å². The van der Waals surface area contributed by atoms with E-state index in [1.165, 1.54) is 38.8 Å². The van der Waals surface area contributed by atoms with Crippen molar-refractivity contribution in [2.24, 2.45) is 5.92 Å². The Labute approximate surface area is 128 Å². The summed E-state index contributed by atoms with van der Waals surface area (Å²) in [6, 6.07) is 7.51. The lowest BCUT2D eigenvalue weighted by atomic mass is 10.1. The van der Waals surface area contributed by atoms with Gasteiger partial charge in [0.2, 0.25) is 0 Å². The Morgan fingerprint density at radius 3 is 2.52 bits per heavy atom. The highest BCUT2D eigenvalue weighted by Crippen LogP contribution is 2.19. The zero-order valence-corrected chi connectivity index (χ0v) is 13.3. The van der Waals surface area contributed by atoms with E-state index in [-0.39, 0.29) is 5.78 Å². The van der Waals surface area contributed by atoms with Gasteiger partial charge in [-0.2, -0.15) is 0 Å². The number of rotatable bonds is 6. The molecular formula is C18H27NO2. The van der Waals surface area contributed by atoms with Crippen molar-refractivity contribution in [3.05, 3.63) is 29.8 Å². The Morgan fingerprint density at radius 2 is 1.86 bits per heavy atom. The van der Waals surface area contributed by atoms with Crippen LogP contribution in [0.3, 0.4) is 0 Å². The van der Waals surface area contributed by atoms with E-state index >= 15 is 0 Å². The average Bonchev–Trinajstić information content (AvgIpc) is 2.74. The highest BCUT2D eigenvalue weighted by atomic mass is 16.5. The van der Waals surface area contributed by atoms with E-state index in [2.05, 4.69) is 11.8 Å². The molecule has 0 aromatic heterocycles. The molecule has 0 aliphatic carbocycles. The van der Waals surface area contributed by atoms with Crippen LogP contribution >= 0.6 is 0 Å². The maximum Gasteiger partial charge on any atom is 0.163 e. The molecule has 1 aliphatic heterocycles. The minimum absolute atomic E-state index is 0.0609. The van der Waals surface area contributed by atoms with Crippen molar-refractivity contribution in [3.63, 3.8) is 0 Å². The Bertz CT molecular complexity index is 450. The third-order valence-corrected chi connectivity index (χ3v) is 4.06. The molecule has 1 unspecified atom stereocenters. The van der Waals surface area contributed by atoms with Gasteiger partial charge in [-0.3, -0.25) is 4.79 Å². The van der Waals surface area contributed by atoms with E-state index in [9.17, 15) is 4.79 Å². The zero-order valence-electron chi connectivity index (χ0n) is 13.3. The fourth-order valence-electron chi connectivity index (χ4n) is 2.93. The predicted molar refractivity (Wildman–Crippen MR) is 86.0 cm³/mol. The van der Waals surface area contributed by atoms with E-state index in [4.69, 9.17) is 4.74 Å². The molecule has 1 atom stereocenters. The number of hydrogen-bond acceptors (Lipinski definition) is 3. The zero-order chi connectivity index (χ0) is 15.1. The number of carbonyl (C=O) groups excluding carboxylic acids is 1. The molecule has 1 fully saturated rings. The van der Waals surface area contributed by atoms with Crippen molar-refractivity contribution >= 4 is 5.78 Å². The summed E-state index contributed by atoms with van der Waals surface area (Å²) in [5.41, 5.74) is 0.680. The van der Waals surface area contributed by atoms with Gasteiger partial charge in [0, 0.05) is 12.5 Å². The predicted octanol–water partition coefficient (Wildman–Crippen LogP) is 3.78. The molecule has 1 aromatic rings. The summed E-state index contributed by atoms with van der Waals surface area (Å²) >= 11 is 0. The molecule has 2 rings (SSSR count). The summed E-state index contributed by atoms with van der Waals surface area (Å²) in [6.07, 6.45) is 5.38. The average molecular weight is 289 g/mol. The quantitative estimate of drug-likeness (QED) is 0.746. The molecule has 0 amide bonds. The molecule has 1 aromatic carbocycles. The van der Waals surface area contributed by atoms with Crippen molar-refractivity contribution in [3.8, 4) is 5.75 Å². The van der Waals surface area contributed by atoms with E-state index in [1.807, 2.05) is 24.3 Å². The number of likely N-dealkylation sites (tertiary alicyclic amines) is 1. The molecule has 3 nitrogen and oxygen atoms in total. The number of hydrogen-bond donors (Lipinski definition) is 0. The van der Waals surface area contributed by atoms with E-state index in [0.717, 1.165) is 6.54 Å². The van der Waals surface area contributed by atoms with Gasteiger partial charge in [0.15, 0.2) is 5.78 Å². The number of para-hydroxylation sites is 1. The summed E-state index contributed by atoms with van der Waals surface area (Å²) in [5.74, 6) is 1.25. The van der Waals surface area contributed by atoms with Gasteiger partial charge in [-0.1, -0.05) is 31.9 Å². The molecule has 1 saturated heterocycles. The summed E-state index contributed by atoms with van der Waals surface area (Å²) < 4.78 is 5.89. The first kappa shape index (κ1) is 16.0. The lowest BCUT2D eigenvalue weighted by molar-refractivity contribution is 0.101. The monoisotopic (exact) mass is 289 g/mol. The van der Waals surface area contributed by atoms with Crippen molar-refractivity contribution in [1.29, 1.82) is 0 Å². The molecule has 0 spiro atoms. The first-order valence-electron chi connectivity index (χ1n) is 8.12. The smallest absolute Gasteiger partial charge is 0.163 e. The minimum atomic E-state index is 0.0609. The van der Waals surface area contributed by atoms with Crippen LogP contribution in [0.4, 0.5) is 0 Å². The maximum atomic E-state index is 11.6. The first-order valence-corrected chi connectivity index (χ1v) is 8.12. The highest BCUT2D eigenvalue weighted by molar-refractivity contribution is 5.96. The van der Waals surface area contributed by atoms with Crippen LogP contribution in [0.15, 0.2) is 24.3 Å². The summed E-state index contributed by atoms with van der Waals surface area (Å²) in [7, 11) is 0. The highest BCUT2D eigenvalue weighted by Gasteiger charge is 2.14. The van der Waals surface area contributed by atoms with Crippen LogP contribution in [0.1, 0.15) is 49.9 Å². The summed E-state index contributed by atoms with van der Waals surface area (Å²) in [6.45, 7) is 8.00. The Kier molecular flexibility index (Phi) is 6.24. The van der Waals surface area contributed by atoms with Crippen molar-refractivity contribution in [2.45, 2.75) is 39.5 Å². The fraction of sp³-hybridized carbons (Fsp3) is 0.611. The van der Waals surface area contributed by atoms with Crippen LogP contribution < -0.4 is 4.74 Å². The lowest BCUT2D eigenvalue weighted by Crippen LogP contribution is -2.31. The number of nitrogens with zero attached hydrogens (tertiary/aromatic N) is 1. The Morgan fingerprint density at radius 1 is 1.19 bits per heavy atom. The van der Waals surface area contributed by atoms with Crippen LogP contribution in [0.2, 0.25) is 0 Å². The lowest BCUT2D eigenvalue weighted by Gasteiger charge is -2.24. The number of Topliss-reactive ketones (excluding diaryl/α,β-unsaturated/α-hetero) is 1. The number of ketones is 1. The van der Waals surface area contributed by atoms with Crippen molar-refractivity contribution in [2.75, 3.05) is 26.2 Å². The molecular weight excluding hydrogens is 262 g/mol. The molecule has 0 bridgehead atoms. The second-order valence-electron chi connectivity index (χ2n) is 6.18. The van der Waals surface area contributed by atoms with Crippen LogP contribution in [-0.2, 0) is 0 Å². The second kappa shape index (κ2) is 8.18. The minimum Gasteiger partial charge on any atom is -0.493 e. The van der Waals surface area contributed by atoms with Gasteiger partial charge in [0.1, 0.15) is 5.75 Å². The second-order valence-corrected chi connectivity index (χ2v) is 6.18. The topological polar surface area (TPSA) is 29.5 Å². The van der Waals surface area contributed by atoms with E-state index < -0.39 is 0 Å². The molecule has 1 heterocycles. The molecule has 0 radical (unpaired) electrons. The maximum absolute atomic E-state index is 11.6. The molecule has 3 heteroatoms. The SMILES string of the molecule is CC(=O)c1ccccc1OCC(C)CN1CCCCCC1. The molecule has 21 heavy (non-hydrogen) atoms. The third kappa shape index (κ3) is 5.16. The van der Waals surface area contributed by atoms with E-state index in [0.29, 0.717) is 23.8 Å². The largest absolute Gasteiger partial charge is 0.493 e. The third-order valence-electron chi connectivity index (χ3n) is 4.06. The molecule has 0 saturated carbocycles. The van der Waals surface area contributed by atoms with Crippen LogP contribution in [0.25, 0.3) is 0 Å². The number of ether oxygens (including phenoxy) is 1. The summed E-state index contributed by atoms with van der Waals surface area (Å²) in [4.78, 5) is 14.1. The normalized spacial score (nSPS) is 18.0. The fourth-order valence-corrected chi connectivity index (χ4v) is 2.93. The van der Waals surface area contributed by atoms with Gasteiger partial charge in [0.05, 0.1) is 12.2 Å². The Hall–Kier alpha value is -1.35. The van der Waals surface area contributed by atoms with Crippen LogP contribution in [0, 0.1) is 5.92 Å². The first-order chi connectivity index (χ1) is 10.2. The van der Waals surface area contributed by atoms with Gasteiger partial charge < -0.3 is 9.64 Å². The van der Waals surface area contributed by atoms with Crippen molar-refractivity contribution in [1.82, 2.24) is 4.90 Å². The van der Waals surface area contributed by atoms with Gasteiger partial charge in [-0.25, -0.2) is 0 Å². The molecule has 1 aliphatic rings. The summed E-state index contributed by atoms with van der Waals surface area (Å²) in [5, 5.41) is 0. The standard InChI is InChI=1S/C18H27NO2/c1-15(13-19-11-7-3-4-8-12-19)14-21-18-10-6-5-9-17(18)16(2)20/h5-6,9-10,15H,3-4,7-8,11-14H2,1-2H3.